The first-order chi connectivity index (χ1) is 14.8. The van der Waals surface area contributed by atoms with Gasteiger partial charge in [-0.25, -0.2) is 14.8 Å². The van der Waals surface area contributed by atoms with Crippen LogP contribution in [0.2, 0.25) is 0 Å². The Bertz CT molecular complexity index is 1220. The van der Waals surface area contributed by atoms with Crippen molar-refractivity contribution in [2.24, 2.45) is 0 Å². The van der Waals surface area contributed by atoms with Crippen LogP contribution in [0, 0.1) is 0 Å². The molecular weight excluding hydrogens is 427 g/mol. The molecule has 0 aliphatic rings. The molecule has 0 aliphatic carbocycles. The number of esters is 1. The second-order valence-electron chi connectivity index (χ2n) is 6.63. The Kier molecular flexibility index (Phi) is 5.60. The molecule has 0 spiro atoms. The summed E-state index contributed by atoms with van der Waals surface area (Å²) >= 11 is 0.570. The SMILES string of the molecule is COC(=O)c1ccc(-c2nc(NCc3ccccc3)c3cc(C(F)(F)F)sc3n2)cc1. The Hall–Kier alpha value is -3.46. The van der Waals surface area contributed by atoms with Crippen molar-refractivity contribution in [2.75, 3.05) is 12.4 Å². The summed E-state index contributed by atoms with van der Waals surface area (Å²) in [7, 11) is 1.28. The van der Waals surface area contributed by atoms with Crippen LogP contribution in [0.4, 0.5) is 19.0 Å². The third-order valence-corrected chi connectivity index (χ3v) is 5.61. The summed E-state index contributed by atoms with van der Waals surface area (Å²) in [6, 6.07) is 16.9. The maximum atomic E-state index is 13.3. The van der Waals surface area contributed by atoms with Crippen molar-refractivity contribution in [2.45, 2.75) is 12.7 Å². The fraction of sp³-hybridized carbons (Fsp3) is 0.136. The second-order valence-corrected chi connectivity index (χ2v) is 7.66. The first kappa shape index (κ1) is 20.8. The summed E-state index contributed by atoms with van der Waals surface area (Å²) < 4.78 is 44.5. The lowest BCUT2D eigenvalue weighted by Crippen LogP contribution is -2.04. The molecule has 4 rings (SSSR count). The summed E-state index contributed by atoms with van der Waals surface area (Å²) in [4.78, 5) is 19.9. The fourth-order valence-corrected chi connectivity index (χ4v) is 3.88. The van der Waals surface area contributed by atoms with E-state index in [2.05, 4.69) is 20.0 Å². The van der Waals surface area contributed by atoms with Crippen LogP contribution in [0.5, 0.6) is 0 Å². The number of ether oxygens (including phenoxy) is 1. The van der Waals surface area contributed by atoms with Crippen molar-refractivity contribution in [3.63, 3.8) is 0 Å². The molecular formula is C22H16F3N3O2S. The molecule has 9 heteroatoms. The number of hydrogen-bond acceptors (Lipinski definition) is 6. The molecule has 4 aromatic rings. The number of aromatic nitrogens is 2. The van der Waals surface area contributed by atoms with Gasteiger partial charge in [-0.05, 0) is 23.8 Å². The van der Waals surface area contributed by atoms with Gasteiger partial charge in [0.25, 0.3) is 0 Å². The predicted molar refractivity (Wildman–Crippen MR) is 113 cm³/mol. The Morgan fingerprint density at radius 2 is 1.77 bits per heavy atom. The average molecular weight is 443 g/mol. The molecule has 5 nitrogen and oxygen atoms in total. The van der Waals surface area contributed by atoms with Gasteiger partial charge >= 0.3 is 12.1 Å². The molecule has 0 bridgehead atoms. The van der Waals surface area contributed by atoms with Crippen LogP contribution < -0.4 is 5.32 Å². The fourth-order valence-electron chi connectivity index (χ4n) is 2.98. The monoisotopic (exact) mass is 443 g/mol. The maximum absolute atomic E-state index is 13.3. The zero-order valence-corrected chi connectivity index (χ0v) is 17.1. The van der Waals surface area contributed by atoms with Gasteiger partial charge in [0.05, 0.1) is 18.1 Å². The number of anilines is 1. The number of nitrogens with one attached hydrogen (secondary N) is 1. The van der Waals surface area contributed by atoms with Crippen LogP contribution in [0.1, 0.15) is 20.8 Å². The second kappa shape index (κ2) is 8.35. The van der Waals surface area contributed by atoms with Gasteiger partial charge in [0.2, 0.25) is 0 Å². The summed E-state index contributed by atoms with van der Waals surface area (Å²) in [6.07, 6.45) is -4.47. The van der Waals surface area contributed by atoms with E-state index in [9.17, 15) is 18.0 Å². The molecule has 0 saturated heterocycles. The van der Waals surface area contributed by atoms with E-state index >= 15 is 0 Å². The van der Waals surface area contributed by atoms with Crippen molar-refractivity contribution < 1.29 is 22.7 Å². The minimum Gasteiger partial charge on any atom is -0.465 e. The summed E-state index contributed by atoms with van der Waals surface area (Å²) in [5.74, 6) is 0.0870. The zero-order chi connectivity index (χ0) is 22.0. The van der Waals surface area contributed by atoms with Gasteiger partial charge in [-0.1, -0.05) is 42.5 Å². The van der Waals surface area contributed by atoms with Crippen LogP contribution in [-0.2, 0) is 17.5 Å². The number of methoxy groups -OCH3 is 1. The van der Waals surface area contributed by atoms with Gasteiger partial charge in [0.1, 0.15) is 15.5 Å². The molecule has 1 N–H and O–H groups in total. The van der Waals surface area contributed by atoms with Crippen molar-refractivity contribution in [3.05, 3.63) is 76.7 Å². The molecule has 2 aromatic carbocycles. The highest BCUT2D eigenvalue weighted by Gasteiger charge is 2.33. The van der Waals surface area contributed by atoms with Crippen molar-refractivity contribution in [1.29, 1.82) is 0 Å². The Morgan fingerprint density at radius 1 is 1.06 bits per heavy atom. The largest absolute Gasteiger partial charge is 0.465 e. The predicted octanol–water partition coefficient (Wildman–Crippen LogP) is 5.78. The van der Waals surface area contributed by atoms with Crippen LogP contribution in [0.15, 0.2) is 60.7 Å². The lowest BCUT2D eigenvalue weighted by Gasteiger charge is -2.09. The van der Waals surface area contributed by atoms with Crippen LogP contribution >= 0.6 is 11.3 Å². The number of hydrogen-bond donors (Lipinski definition) is 1. The first-order valence-corrected chi connectivity index (χ1v) is 10.0. The lowest BCUT2D eigenvalue weighted by atomic mass is 10.1. The van der Waals surface area contributed by atoms with Gasteiger partial charge in [0.15, 0.2) is 5.82 Å². The maximum Gasteiger partial charge on any atom is 0.425 e. The third-order valence-electron chi connectivity index (χ3n) is 4.54. The van der Waals surface area contributed by atoms with Crippen LogP contribution in [0.25, 0.3) is 21.6 Å². The first-order valence-electron chi connectivity index (χ1n) is 9.20. The summed E-state index contributed by atoms with van der Waals surface area (Å²) in [5.41, 5.74) is 1.88. The van der Waals surface area contributed by atoms with E-state index in [1.165, 1.54) is 7.11 Å². The highest BCUT2D eigenvalue weighted by Crippen LogP contribution is 2.40. The van der Waals surface area contributed by atoms with E-state index in [1.807, 2.05) is 30.3 Å². The van der Waals surface area contributed by atoms with Crippen LogP contribution in [-0.4, -0.2) is 23.0 Å². The Balaban J connectivity index is 1.76. The molecule has 0 unspecified atom stereocenters. The Labute approximate surface area is 179 Å². The topological polar surface area (TPSA) is 64.1 Å². The van der Waals surface area contributed by atoms with Crippen molar-refractivity contribution in [3.8, 4) is 11.4 Å². The van der Waals surface area contributed by atoms with Crippen molar-refractivity contribution >= 4 is 33.3 Å². The molecule has 0 fully saturated rings. The number of carbonyl (C=O) groups is 1. The van der Waals surface area contributed by atoms with Crippen molar-refractivity contribution in [1.82, 2.24) is 9.97 Å². The molecule has 2 heterocycles. The third kappa shape index (κ3) is 4.51. The summed E-state index contributed by atoms with van der Waals surface area (Å²) in [5, 5.41) is 3.44. The number of alkyl halides is 3. The normalized spacial score (nSPS) is 11.5. The Morgan fingerprint density at radius 3 is 2.42 bits per heavy atom. The standard InChI is InChI=1S/C22H16F3N3O2S/c1-30-21(29)15-9-7-14(8-10-15)18-27-19(26-12-13-5-3-2-4-6-13)16-11-17(22(23,24)25)31-20(16)28-18/h2-11H,12H2,1H3,(H,26,27,28). The van der Waals surface area contributed by atoms with Gasteiger partial charge in [-0.3, -0.25) is 0 Å². The number of fused-ring (bicyclic) bond motifs is 1. The zero-order valence-electron chi connectivity index (χ0n) is 16.2. The number of thiophene rings is 1. The van der Waals surface area contributed by atoms with E-state index in [0.29, 0.717) is 40.2 Å². The average Bonchev–Trinajstić information content (AvgIpc) is 3.23. The molecule has 0 radical (unpaired) electrons. The van der Waals surface area contributed by atoms with E-state index in [4.69, 9.17) is 0 Å². The minimum absolute atomic E-state index is 0.227. The quantitative estimate of drug-likeness (QED) is 0.397. The smallest absolute Gasteiger partial charge is 0.425 e. The molecule has 2 aromatic heterocycles. The minimum atomic E-state index is -4.47. The molecule has 31 heavy (non-hydrogen) atoms. The van der Waals surface area contributed by atoms with Gasteiger partial charge in [0, 0.05) is 12.1 Å². The highest BCUT2D eigenvalue weighted by molar-refractivity contribution is 7.18. The highest BCUT2D eigenvalue weighted by atomic mass is 32.1. The van der Waals surface area contributed by atoms with Gasteiger partial charge < -0.3 is 10.1 Å². The molecule has 158 valence electrons. The van der Waals surface area contributed by atoms with E-state index in [1.54, 1.807) is 24.3 Å². The molecule has 0 aliphatic heterocycles. The lowest BCUT2D eigenvalue weighted by molar-refractivity contribution is -0.134. The molecule has 0 amide bonds. The summed E-state index contributed by atoms with van der Waals surface area (Å²) in [6.45, 7) is 0.394. The number of halogens is 3. The van der Waals surface area contributed by atoms with E-state index < -0.39 is 17.0 Å². The van der Waals surface area contributed by atoms with Crippen LogP contribution in [0.3, 0.4) is 0 Å². The number of nitrogens with zero attached hydrogens (tertiary/aromatic N) is 2. The van der Waals surface area contributed by atoms with Gasteiger partial charge in [-0.15, -0.1) is 11.3 Å². The number of carbonyl (C=O) groups excluding carboxylic acids is 1. The molecule has 0 saturated carbocycles. The molecule has 0 atom stereocenters. The number of benzene rings is 2. The van der Waals surface area contributed by atoms with E-state index in [-0.39, 0.29) is 10.7 Å². The van der Waals surface area contributed by atoms with E-state index in [0.717, 1.165) is 11.6 Å². The number of rotatable bonds is 5. The van der Waals surface area contributed by atoms with Gasteiger partial charge in [-0.2, -0.15) is 13.2 Å².